The summed E-state index contributed by atoms with van der Waals surface area (Å²) in [5, 5.41) is 9.94. The second-order valence-electron chi connectivity index (χ2n) is 5.62. The van der Waals surface area contributed by atoms with Crippen LogP contribution in [0.1, 0.15) is 31.2 Å². The normalized spacial score (nSPS) is 15.7. The summed E-state index contributed by atoms with van der Waals surface area (Å²) in [6.45, 7) is 2.16. The number of benzene rings is 1. The number of amides is 1. The lowest BCUT2D eigenvalue weighted by atomic mass is 10.2. The van der Waals surface area contributed by atoms with Crippen molar-refractivity contribution in [3.05, 3.63) is 36.0 Å². The van der Waals surface area contributed by atoms with Crippen LogP contribution in [0.15, 0.2) is 30.5 Å². The van der Waals surface area contributed by atoms with Crippen molar-refractivity contribution in [3.8, 4) is 6.07 Å². The number of hydrogen-bond acceptors (Lipinski definition) is 2. The largest absolute Gasteiger partial charge is 0.341 e. The molecule has 4 nitrogen and oxygen atoms in total. The van der Waals surface area contributed by atoms with Gasteiger partial charge >= 0.3 is 0 Å². The lowest BCUT2D eigenvalue weighted by Gasteiger charge is -2.20. The molecule has 0 N–H and O–H groups in total. The first-order valence-electron chi connectivity index (χ1n) is 7.55. The number of aromatic nitrogens is 1. The van der Waals surface area contributed by atoms with Gasteiger partial charge in [0.2, 0.25) is 5.91 Å². The predicted octanol–water partition coefficient (Wildman–Crippen LogP) is 2.92. The third kappa shape index (κ3) is 2.92. The van der Waals surface area contributed by atoms with Gasteiger partial charge in [-0.25, -0.2) is 0 Å². The van der Waals surface area contributed by atoms with E-state index in [9.17, 15) is 4.79 Å². The molecule has 4 heteroatoms. The number of rotatable bonds is 2. The van der Waals surface area contributed by atoms with Gasteiger partial charge in [0.25, 0.3) is 0 Å². The maximum Gasteiger partial charge on any atom is 0.242 e. The van der Waals surface area contributed by atoms with Gasteiger partial charge in [0, 0.05) is 30.2 Å². The molecule has 0 spiro atoms. The van der Waals surface area contributed by atoms with Crippen LogP contribution in [0.3, 0.4) is 0 Å². The fourth-order valence-corrected chi connectivity index (χ4v) is 2.97. The molecule has 108 valence electrons. The third-order valence-electron chi connectivity index (χ3n) is 4.16. The highest BCUT2D eigenvalue weighted by Gasteiger charge is 2.16. The van der Waals surface area contributed by atoms with Crippen molar-refractivity contribution < 1.29 is 4.79 Å². The monoisotopic (exact) mass is 281 g/mol. The molecule has 0 atom stereocenters. The molecular formula is C17H19N3O. The first kappa shape index (κ1) is 13.7. The van der Waals surface area contributed by atoms with E-state index in [4.69, 9.17) is 5.26 Å². The zero-order chi connectivity index (χ0) is 14.7. The molecule has 1 aromatic carbocycles. The van der Waals surface area contributed by atoms with Gasteiger partial charge in [0.1, 0.15) is 6.54 Å². The van der Waals surface area contributed by atoms with Gasteiger partial charge in [-0.3, -0.25) is 4.79 Å². The Hall–Kier alpha value is -2.28. The first-order valence-corrected chi connectivity index (χ1v) is 7.55. The maximum atomic E-state index is 12.4. The Kier molecular flexibility index (Phi) is 3.92. The van der Waals surface area contributed by atoms with E-state index in [2.05, 4.69) is 6.07 Å². The Balaban J connectivity index is 1.78. The molecule has 1 aromatic heterocycles. The minimum atomic E-state index is 0.193. The van der Waals surface area contributed by atoms with Crippen LogP contribution in [-0.4, -0.2) is 28.5 Å². The van der Waals surface area contributed by atoms with Crippen molar-refractivity contribution in [3.63, 3.8) is 0 Å². The van der Waals surface area contributed by atoms with Crippen LogP contribution in [0.5, 0.6) is 0 Å². The lowest BCUT2D eigenvalue weighted by Crippen LogP contribution is -2.34. The van der Waals surface area contributed by atoms with Crippen LogP contribution in [0.2, 0.25) is 0 Å². The molecule has 1 fully saturated rings. The Bertz CT molecular complexity index is 688. The van der Waals surface area contributed by atoms with E-state index >= 15 is 0 Å². The summed E-state index contributed by atoms with van der Waals surface area (Å²) >= 11 is 0. The topological polar surface area (TPSA) is 49.0 Å². The summed E-state index contributed by atoms with van der Waals surface area (Å²) in [5.74, 6) is 0.193. The molecule has 1 saturated heterocycles. The van der Waals surface area contributed by atoms with E-state index in [0.29, 0.717) is 12.1 Å². The lowest BCUT2D eigenvalue weighted by molar-refractivity contribution is -0.131. The van der Waals surface area contributed by atoms with Crippen molar-refractivity contribution in [1.29, 1.82) is 5.26 Å². The zero-order valence-corrected chi connectivity index (χ0v) is 12.1. The highest BCUT2D eigenvalue weighted by atomic mass is 16.2. The summed E-state index contributed by atoms with van der Waals surface area (Å²) in [5.41, 5.74) is 1.66. The van der Waals surface area contributed by atoms with Crippen molar-refractivity contribution in [1.82, 2.24) is 9.47 Å². The van der Waals surface area contributed by atoms with Gasteiger partial charge in [-0.05, 0) is 37.1 Å². The highest BCUT2D eigenvalue weighted by molar-refractivity contribution is 5.84. The van der Waals surface area contributed by atoms with Gasteiger partial charge < -0.3 is 9.47 Å². The summed E-state index contributed by atoms with van der Waals surface area (Å²) < 4.78 is 1.98. The zero-order valence-electron chi connectivity index (χ0n) is 12.1. The number of carbonyl (C=O) groups is 1. The summed E-state index contributed by atoms with van der Waals surface area (Å²) in [4.78, 5) is 14.4. The average molecular weight is 281 g/mol. The van der Waals surface area contributed by atoms with E-state index in [1.165, 1.54) is 12.8 Å². The molecule has 1 amide bonds. The minimum absolute atomic E-state index is 0.193. The van der Waals surface area contributed by atoms with Gasteiger partial charge in [-0.1, -0.05) is 12.8 Å². The first-order chi connectivity index (χ1) is 10.3. The van der Waals surface area contributed by atoms with Crippen LogP contribution >= 0.6 is 0 Å². The van der Waals surface area contributed by atoms with E-state index in [1.807, 2.05) is 33.9 Å². The Labute approximate surface area is 124 Å². The number of likely N-dealkylation sites (tertiary alicyclic amines) is 1. The molecule has 2 aromatic rings. The smallest absolute Gasteiger partial charge is 0.242 e. The second-order valence-corrected chi connectivity index (χ2v) is 5.62. The van der Waals surface area contributed by atoms with Crippen LogP contribution in [0.25, 0.3) is 10.9 Å². The molecule has 0 bridgehead atoms. The van der Waals surface area contributed by atoms with Gasteiger partial charge in [-0.15, -0.1) is 0 Å². The fourth-order valence-electron chi connectivity index (χ4n) is 2.97. The van der Waals surface area contributed by atoms with Crippen molar-refractivity contribution in [2.75, 3.05) is 13.1 Å². The van der Waals surface area contributed by atoms with E-state index in [-0.39, 0.29) is 5.91 Å². The quantitative estimate of drug-likeness (QED) is 0.849. The number of hydrogen-bond donors (Lipinski definition) is 0. The van der Waals surface area contributed by atoms with Gasteiger partial charge in [0.05, 0.1) is 11.6 Å². The molecule has 21 heavy (non-hydrogen) atoms. The Morgan fingerprint density at radius 2 is 1.90 bits per heavy atom. The van der Waals surface area contributed by atoms with Gasteiger partial charge in [0.15, 0.2) is 0 Å². The SMILES string of the molecule is N#Cc1ccc2c(ccn2CC(=O)N2CCCCCC2)c1. The number of nitriles is 1. The predicted molar refractivity (Wildman–Crippen MR) is 81.7 cm³/mol. The molecule has 3 rings (SSSR count). The van der Waals surface area contributed by atoms with E-state index in [1.54, 1.807) is 6.07 Å². The van der Waals surface area contributed by atoms with Crippen molar-refractivity contribution >= 4 is 16.8 Å². The Morgan fingerprint density at radius 1 is 1.14 bits per heavy atom. The summed E-state index contributed by atoms with van der Waals surface area (Å²) in [7, 11) is 0. The van der Waals surface area contributed by atoms with Crippen molar-refractivity contribution in [2.45, 2.75) is 32.2 Å². The maximum absolute atomic E-state index is 12.4. The molecule has 2 heterocycles. The number of carbonyl (C=O) groups excluding carboxylic acids is 1. The minimum Gasteiger partial charge on any atom is -0.341 e. The number of fused-ring (bicyclic) bond motifs is 1. The fraction of sp³-hybridized carbons (Fsp3) is 0.412. The molecule has 1 aliphatic heterocycles. The van der Waals surface area contributed by atoms with Gasteiger partial charge in [-0.2, -0.15) is 5.26 Å². The highest BCUT2D eigenvalue weighted by Crippen LogP contribution is 2.18. The van der Waals surface area contributed by atoms with Crippen molar-refractivity contribution in [2.24, 2.45) is 0 Å². The van der Waals surface area contributed by atoms with E-state index < -0.39 is 0 Å². The van der Waals surface area contributed by atoms with Crippen LogP contribution in [0.4, 0.5) is 0 Å². The van der Waals surface area contributed by atoms with Crippen LogP contribution < -0.4 is 0 Å². The second kappa shape index (κ2) is 6.01. The summed E-state index contributed by atoms with van der Waals surface area (Å²) in [6, 6.07) is 9.69. The Morgan fingerprint density at radius 3 is 2.62 bits per heavy atom. The molecule has 1 aliphatic rings. The summed E-state index contributed by atoms with van der Waals surface area (Å²) in [6.07, 6.45) is 6.62. The molecular weight excluding hydrogens is 262 g/mol. The molecule has 0 saturated carbocycles. The number of nitrogens with zero attached hydrogens (tertiary/aromatic N) is 3. The van der Waals surface area contributed by atoms with Crippen LogP contribution in [-0.2, 0) is 11.3 Å². The molecule has 0 aliphatic carbocycles. The molecule has 0 radical (unpaired) electrons. The average Bonchev–Trinajstić information content (AvgIpc) is 2.73. The third-order valence-corrected chi connectivity index (χ3v) is 4.16. The van der Waals surface area contributed by atoms with Crippen LogP contribution in [0, 0.1) is 11.3 Å². The standard InChI is InChI=1S/C17H19N3O/c18-12-14-5-6-16-15(11-14)7-10-20(16)13-17(21)19-8-3-1-2-4-9-19/h5-7,10-11H,1-4,8-9,13H2. The van der Waals surface area contributed by atoms with E-state index in [0.717, 1.165) is 36.8 Å². The molecule has 0 unspecified atom stereocenters.